The number of sulfonamides is 1. The number of aromatic nitrogens is 2. The number of aromatic amines is 1. The van der Waals surface area contributed by atoms with E-state index in [0.717, 1.165) is 17.4 Å². The number of benzene rings is 2. The van der Waals surface area contributed by atoms with E-state index in [1.807, 2.05) is 0 Å². The van der Waals surface area contributed by atoms with Crippen LogP contribution in [-0.4, -0.2) is 30.5 Å². The number of fused-ring (bicyclic) bond motifs is 1. The molecule has 27 heavy (non-hydrogen) atoms. The van der Waals surface area contributed by atoms with Crippen molar-refractivity contribution in [1.29, 1.82) is 0 Å². The first-order chi connectivity index (χ1) is 12.8. The summed E-state index contributed by atoms with van der Waals surface area (Å²) in [5.74, 6) is -0.564. The van der Waals surface area contributed by atoms with Crippen molar-refractivity contribution in [2.24, 2.45) is 0 Å². The van der Waals surface area contributed by atoms with Crippen LogP contribution in [0.4, 0.5) is 0 Å². The van der Waals surface area contributed by atoms with Crippen molar-refractivity contribution in [2.75, 3.05) is 6.26 Å². The van der Waals surface area contributed by atoms with Crippen molar-refractivity contribution in [3.8, 4) is 0 Å². The van der Waals surface area contributed by atoms with E-state index in [-0.39, 0.29) is 24.5 Å². The molecule has 3 rings (SSSR count). The van der Waals surface area contributed by atoms with Crippen LogP contribution in [0.5, 0.6) is 0 Å². The number of rotatable bonds is 6. The molecule has 0 atom stereocenters. The third kappa shape index (κ3) is 4.99. The molecular weight excluding hydrogens is 368 g/mol. The lowest BCUT2D eigenvalue weighted by Crippen LogP contribution is -2.27. The predicted octanol–water partition coefficient (Wildman–Crippen LogP) is 0.902. The average Bonchev–Trinajstić information content (AvgIpc) is 2.64. The fourth-order valence-electron chi connectivity index (χ4n) is 2.52. The SMILES string of the molecule is CS(=O)(=O)NCc1cccc(CNC(=O)c2nc3ccccc3c(=O)[nH]2)c1. The summed E-state index contributed by atoms with van der Waals surface area (Å²) in [7, 11) is -3.28. The van der Waals surface area contributed by atoms with Gasteiger partial charge in [-0.2, -0.15) is 0 Å². The first kappa shape index (κ1) is 18.7. The minimum atomic E-state index is -3.28. The van der Waals surface area contributed by atoms with Crippen molar-refractivity contribution in [3.05, 3.63) is 75.8 Å². The normalized spacial score (nSPS) is 11.4. The van der Waals surface area contributed by atoms with Crippen LogP contribution in [0.15, 0.2) is 53.3 Å². The molecule has 140 valence electrons. The smallest absolute Gasteiger partial charge is 0.287 e. The lowest BCUT2D eigenvalue weighted by molar-refractivity contribution is 0.0940. The van der Waals surface area contributed by atoms with Gasteiger partial charge in [-0.3, -0.25) is 9.59 Å². The maximum atomic E-state index is 12.3. The molecule has 1 heterocycles. The Hall–Kier alpha value is -3.04. The van der Waals surface area contributed by atoms with Gasteiger partial charge >= 0.3 is 0 Å². The van der Waals surface area contributed by atoms with Gasteiger partial charge in [0.2, 0.25) is 10.0 Å². The minimum absolute atomic E-state index is 0.0615. The van der Waals surface area contributed by atoms with Gasteiger partial charge in [0.1, 0.15) is 0 Å². The first-order valence-corrected chi connectivity index (χ1v) is 10.0. The van der Waals surface area contributed by atoms with Crippen LogP contribution in [0.25, 0.3) is 10.9 Å². The topological polar surface area (TPSA) is 121 Å². The Bertz CT molecular complexity index is 1160. The molecule has 0 aliphatic heterocycles. The molecule has 0 aliphatic rings. The zero-order valence-corrected chi connectivity index (χ0v) is 15.3. The highest BCUT2D eigenvalue weighted by Gasteiger charge is 2.11. The second-order valence-corrected chi connectivity index (χ2v) is 7.86. The van der Waals surface area contributed by atoms with Gasteiger partial charge in [-0.05, 0) is 23.3 Å². The molecular formula is C18H18N4O4S. The van der Waals surface area contributed by atoms with Crippen LogP contribution in [0.1, 0.15) is 21.7 Å². The summed E-state index contributed by atoms with van der Waals surface area (Å²) < 4.78 is 24.8. The van der Waals surface area contributed by atoms with E-state index in [0.29, 0.717) is 10.9 Å². The molecule has 8 nitrogen and oxygen atoms in total. The van der Waals surface area contributed by atoms with Crippen molar-refractivity contribution >= 4 is 26.8 Å². The number of nitrogens with zero attached hydrogens (tertiary/aromatic N) is 1. The third-order valence-corrected chi connectivity index (χ3v) is 4.48. The monoisotopic (exact) mass is 386 g/mol. The Morgan fingerprint density at radius 1 is 1.07 bits per heavy atom. The summed E-state index contributed by atoms with van der Waals surface area (Å²) in [5, 5.41) is 3.11. The maximum Gasteiger partial charge on any atom is 0.287 e. The van der Waals surface area contributed by atoms with Gasteiger partial charge in [0.25, 0.3) is 11.5 Å². The van der Waals surface area contributed by atoms with Crippen molar-refractivity contribution in [1.82, 2.24) is 20.0 Å². The van der Waals surface area contributed by atoms with Crippen LogP contribution < -0.4 is 15.6 Å². The van der Waals surface area contributed by atoms with Crippen LogP contribution >= 0.6 is 0 Å². The molecule has 1 aromatic heterocycles. The number of H-pyrrole nitrogens is 1. The molecule has 0 spiro atoms. The quantitative estimate of drug-likeness (QED) is 0.581. The summed E-state index contributed by atoms with van der Waals surface area (Å²) in [6, 6.07) is 13.9. The van der Waals surface area contributed by atoms with Gasteiger partial charge in [-0.25, -0.2) is 18.1 Å². The molecule has 0 saturated carbocycles. The maximum absolute atomic E-state index is 12.3. The van der Waals surface area contributed by atoms with Crippen molar-refractivity contribution in [2.45, 2.75) is 13.1 Å². The van der Waals surface area contributed by atoms with Gasteiger partial charge in [0.15, 0.2) is 5.82 Å². The molecule has 0 saturated heterocycles. The second-order valence-electron chi connectivity index (χ2n) is 6.03. The first-order valence-electron chi connectivity index (χ1n) is 8.11. The number of carbonyl (C=O) groups excluding carboxylic acids is 1. The van der Waals surface area contributed by atoms with E-state index in [4.69, 9.17) is 0 Å². The third-order valence-electron chi connectivity index (χ3n) is 3.81. The highest BCUT2D eigenvalue weighted by molar-refractivity contribution is 7.88. The van der Waals surface area contributed by atoms with Crippen LogP contribution in [0.3, 0.4) is 0 Å². The van der Waals surface area contributed by atoms with Gasteiger partial charge < -0.3 is 10.3 Å². The summed E-state index contributed by atoms with van der Waals surface area (Å²) in [4.78, 5) is 31.0. The molecule has 0 unspecified atom stereocenters. The predicted molar refractivity (Wildman–Crippen MR) is 102 cm³/mol. The van der Waals surface area contributed by atoms with Gasteiger partial charge in [-0.15, -0.1) is 0 Å². The van der Waals surface area contributed by atoms with Crippen LogP contribution in [0.2, 0.25) is 0 Å². The van der Waals surface area contributed by atoms with Gasteiger partial charge in [0, 0.05) is 13.1 Å². The fraction of sp³-hybridized carbons (Fsp3) is 0.167. The Labute approximate surface area is 155 Å². The van der Waals surface area contributed by atoms with Crippen LogP contribution in [-0.2, 0) is 23.1 Å². The Morgan fingerprint density at radius 2 is 1.78 bits per heavy atom. The number of nitrogens with one attached hydrogen (secondary N) is 3. The number of hydrogen-bond acceptors (Lipinski definition) is 5. The summed E-state index contributed by atoms with van der Waals surface area (Å²) in [6.07, 6.45) is 1.09. The number of amides is 1. The van der Waals surface area contributed by atoms with Gasteiger partial charge in [0.05, 0.1) is 17.2 Å². The van der Waals surface area contributed by atoms with Gasteiger partial charge in [-0.1, -0.05) is 36.4 Å². The second kappa shape index (κ2) is 7.68. The zero-order chi connectivity index (χ0) is 19.4. The standard InChI is InChI=1S/C18H18N4O4S/c1-27(25,26)20-11-13-6-4-5-12(9-13)10-19-18(24)16-21-15-8-3-2-7-14(15)17(23)22-16/h2-9,20H,10-11H2,1H3,(H,19,24)(H,21,22,23). The Balaban J connectivity index is 1.70. The van der Waals surface area contributed by atoms with E-state index < -0.39 is 15.9 Å². The number of carbonyl (C=O) groups is 1. The largest absolute Gasteiger partial charge is 0.345 e. The lowest BCUT2D eigenvalue weighted by Gasteiger charge is -2.08. The molecule has 0 fully saturated rings. The fourth-order valence-corrected chi connectivity index (χ4v) is 2.95. The molecule has 9 heteroatoms. The molecule has 2 aromatic carbocycles. The highest BCUT2D eigenvalue weighted by Crippen LogP contribution is 2.07. The summed E-state index contributed by atoms with van der Waals surface area (Å²) in [5.41, 5.74) is 1.63. The molecule has 1 amide bonds. The average molecular weight is 386 g/mol. The summed E-state index contributed by atoms with van der Waals surface area (Å²) in [6.45, 7) is 0.377. The minimum Gasteiger partial charge on any atom is -0.345 e. The van der Waals surface area contributed by atoms with Crippen LogP contribution in [0, 0.1) is 0 Å². The lowest BCUT2D eigenvalue weighted by atomic mass is 10.1. The molecule has 0 aliphatic carbocycles. The van der Waals surface area contributed by atoms with E-state index in [1.54, 1.807) is 48.5 Å². The number of para-hydroxylation sites is 1. The number of hydrogen-bond donors (Lipinski definition) is 3. The zero-order valence-electron chi connectivity index (χ0n) is 14.5. The van der Waals surface area contributed by atoms with E-state index in [2.05, 4.69) is 20.0 Å². The van der Waals surface area contributed by atoms with Crippen molar-refractivity contribution < 1.29 is 13.2 Å². The Morgan fingerprint density at radius 3 is 2.52 bits per heavy atom. The molecule has 0 bridgehead atoms. The Kier molecular flexibility index (Phi) is 5.33. The molecule has 3 N–H and O–H groups in total. The molecule has 3 aromatic rings. The van der Waals surface area contributed by atoms with E-state index in [9.17, 15) is 18.0 Å². The van der Waals surface area contributed by atoms with Crippen molar-refractivity contribution in [3.63, 3.8) is 0 Å². The van der Waals surface area contributed by atoms with E-state index >= 15 is 0 Å². The highest BCUT2D eigenvalue weighted by atomic mass is 32.2. The summed E-state index contributed by atoms with van der Waals surface area (Å²) >= 11 is 0. The molecule has 0 radical (unpaired) electrons. The van der Waals surface area contributed by atoms with E-state index in [1.165, 1.54) is 0 Å².